The molecule has 0 fully saturated rings. The van der Waals surface area contributed by atoms with E-state index < -0.39 is 6.10 Å². The molecule has 0 aliphatic heterocycles. The maximum Gasteiger partial charge on any atom is 0.230 e. The van der Waals surface area contributed by atoms with Gasteiger partial charge in [0.15, 0.2) is 0 Å². The standard InChI is InChI=1S/C21H26BrNO2/c1-4-8-19(16-11-13-18(22)14-12-16)21(25)23(3)15(2)20(24)17-9-6-5-7-10-17/h5-7,9-15,19-20,24H,4,8H2,1-3H3/t15-,19?,20-/m1/s1. The highest BCUT2D eigenvalue weighted by Crippen LogP contribution is 2.28. The van der Waals surface area contributed by atoms with Crippen LogP contribution >= 0.6 is 15.9 Å². The Hall–Kier alpha value is -1.65. The van der Waals surface area contributed by atoms with E-state index in [4.69, 9.17) is 0 Å². The van der Waals surface area contributed by atoms with Crippen molar-refractivity contribution >= 4 is 21.8 Å². The van der Waals surface area contributed by atoms with Gasteiger partial charge in [-0.3, -0.25) is 4.79 Å². The number of hydrogen-bond acceptors (Lipinski definition) is 2. The molecule has 3 atom stereocenters. The number of nitrogens with zero attached hydrogens (tertiary/aromatic N) is 1. The number of halogens is 1. The van der Waals surface area contributed by atoms with Crippen molar-refractivity contribution in [2.45, 2.75) is 44.8 Å². The number of hydrogen-bond donors (Lipinski definition) is 1. The maximum atomic E-state index is 13.1. The molecule has 1 N–H and O–H groups in total. The van der Waals surface area contributed by atoms with Gasteiger partial charge in [-0.25, -0.2) is 0 Å². The Morgan fingerprint density at radius 2 is 1.68 bits per heavy atom. The Morgan fingerprint density at radius 1 is 1.08 bits per heavy atom. The normalized spacial score (nSPS) is 14.6. The van der Waals surface area contributed by atoms with Crippen molar-refractivity contribution in [3.8, 4) is 0 Å². The van der Waals surface area contributed by atoms with Crippen LogP contribution in [0.25, 0.3) is 0 Å². The number of aliphatic hydroxyl groups is 1. The molecule has 25 heavy (non-hydrogen) atoms. The fraction of sp³-hybridized carbons (Fsp3) is 0.381. The minimum Gasteiger partial charge on any atom is -0.386 e. The largest absolute Gasteiger partial charge is 0.386 e. The van der Waals surface area contributed by atoms with Crippen LogP contribution in [0.2, 0.25) is 0 Å². The summed E-state index contributed by atoms with van der Waals surface area (Å²) in [4.78, 5) is 14.8. The summed E-state index contributed by atoms with van der Waals surface area (Å²) < 4.78 is 1.00. The van der Waals surface area contributed by atoms with E-state index in [1.54, 1.807) is 11.9 Å². The predicted octanol–water partition coefficient (Wildman–Crippen LogP) is 4.91. The molecule has 0 radical (unpaired) electrons. The van der Waals surface area contributed by atoms with E-state index in [1.165, 1.54) is 0 Å². The van der Waals surface area contributed by atoms with Crippen molar-refractivity contribution in [1.82, 2.24) is 4.90 Å². The molecule has 0 bridgehead atoms. The third-order valence-electron chi connectivity index (χ3n) is 4.70. The summed E-state index contributed by atoms with van der Waals surface area (Å²) in [6.45, 7) is 3.97. The van der Waals surface area contributed by atoms with Crippen LogP contribution < -0.4 is 0 Å². The highest BCUT2D eigenvalue weighted by Gasteiger charge is 2.29. The van der Waals surface area contributed by atoms with Crippen molar-refractivity contribution in [2.24, 2.45) is 0 Å². The average Bonchev–Trinajstić information content (AvgIpc) is 2.65. The minimum atomic E-state index is -0.706. The molecule has 0 spiro atoms. The summed E-state index contributed by atoms with van der Waals surface area (Å²) in [6, 6.07) is 17.1. The Labute approximate surface area is 158 Å². The van der Waals surface area contributed by atoms with Gasteiger partial charge in [0.25, 0.3) is 0 Å². The first-order chi connectivity index (χ1) is 12.0. The first-order valence-corrected chi connectivity index (χ1v) is 9.50. The van der Waals surface area contributed by atoms with Gasteiger partial charge in [0, 0.05) is 11.5 Å². The van der Waals surface area contributed by atoms with E-state index in [9.17, 15) is 9.90 Å². The number of rotatable bonds is 7. The monoisotopic (exact) mass is 403 g/mol. The van der Waals surface area contributed by atoms with Crippen molar-refractivity contribution in [3.63, 3.8) is 0 Å². The average molecular weight is 404 g/mol. The molecular formula is C21H26BrNO2. The minimum absolute atomic E-state index is 0.0478. The Kier molecular flexibility index (Phi) is 7.21. The summed E-state index contributed by atoms with van der Waals surface area (Å²) in [5.41, 5.74) is 1.84. The SMILES string of the molecule is CCCC(C(=O)N(C)[C@H](C)[C@@H](O)c1ccccc1)c1ccc(Br)cc1. The molecule has 0 aliphatic carbocycles. The Balaban J connectivity index is 2.18. The fourth-order valence-corrected chi connectivity index (χ4v) is 3.27. The quantitative estimate of drug-likeness (QED) is 0.712. The number of amides is 1. The summed E-state index contributed by atoms with van der Waals surface area (Å²) >= 11 is 3.44. The van der Waals surface area contributed by atoms with Crippen LogP contribution in [0.1, 0.15) is 49.8 Å². The zero-order valence-corrected chi connectivity index (χ0v) is 16.6. The van der Waals surface area contributed by atoms with E-state index in [1.807, 2.05) is 61.5 Å². The lowest BCUT2D eigenvalue weighted by Crippen LogP contribution is -2.41. The van der Waals surface area contributed by atoms with Crippen LogP contribution in [-0.2, 0) is 4.79 Å². The fourth-order valence-electron chi connectivity index (χ4n) is 3.00. The summed E-state index contributed by atoms with van der Waals surface area (Å²) in [6.07, 6.45) is 1.01. The molecule has 0 saturated heterocycles. The summed E-state index contributed by atoms with van der Waals surface area (Å²) in [7, 11) is 1.78. The van der Waals surface area contributed by atoms with Crippen molar-refractivity contribution < 1.29 is 9.90 Å². The van der Waals surface area contributed by atoms with Gasteiger partial charge in [0.1, 0.15) is 0 Å². The van der Waals surface area contributed by atoms with Crippen molar-refractivity contribution in [2.75, 3.05) is 7.05 Å². The zero-order chi connectivity index (χ0) is 18.4. The van der Waals surface area contributed by atoms with E-state index in [-0.39, 0.29) is 17.9 Å². The van der Waals surface area contributed by atoms with Gasteiger partial charge in [0.05, 0.1) is 18.1 Å². The second kappa shape index (κ2) is 9.16. The topological polar surface area (TPSA) is 40.5 Å². The lowest BCUT2D eigenvalue weighted by molar-refractivity contribution is -0.135. The van der Waals surface area contributed by atoms with E-state index >= 15 is 0 Å². The molecule has 0 aromatic heterocycles. The van der Waals surface area contributed by atoms with E-state index in [2.05, 4.69) is 22.9 Å². The third-order valence-corrected chi connectivity index (χ3v) is 5.23. The predicted molar refractivity (Wildman–Crippen MR) is 105 cm³/mol. The van der Waals surface area contributed by atoms with Crippen LogP contribution in [0.4, 0.5) is 0 Å². The maximum absolute atomic E-state index is 13.1. The summed E-state index contributed by atoms with van der Waals surface area (Å²) in [5.74, 6) is -0.139. The van der Waals surface area contributed by atoms with Crippen LogP contribution in [-0.4, -0.2) is 29.0 Å². The molecule has 134 valence electrons. The molecule has 1 unspecified atom stereocenters. The van der Waals surface area contributed by atoms with Crippen LogP contribution in [0.15, 0.2) is 59.1 Å². The molecule has 4 heteroatoms. The van der Waals surface area contributed by atoms with Crippen LogP contribution in [0, 0.1) is 0 Å². The Morgan fingerprint density at radius 3 is 2.24 bits per heavy atom. The highest BCUT2D eigenvalue weighted by molar-refractivity contribution is 9.10. The van der Waals surface area contributed by atoms with E-state index in [0.29, 0.717) is 0 Å². The molecule has 1 amide bonds. The summed E-state index contributed by atoms with van der Waals surface area (Å²) in [5, 5.41) is 10.6. The van der Waals surface area contributed by atoms with Gasteiger partial charge < -0.3 is 10.0 Å². The number of likely N-dealkylation sites (N-methyl/N-ethyl adjacent to an activating group) is 1. The molecule has 0 aliphatic rings. The Bertz CT molecular complexity index is 672. The van der Waals surface area contributed by atoms with Crippen LogP contribution in [0.3, 0.4) is 0 Å². The lowest BCUT2D eigenvalue weighted by Gasteiger charge is -2.32. The lowest BCUT2D eigenvalue weighted by atomic mass is 9.92. The third kappa shape index (κ3) is 4.93. The van der Waals surface area contributed by atoms with Crippen molar-refractivity contribution in [3.05, 3.63) is 70.2 Å². The van der Waals surface area contributed by atoms with Gasteiger partial charge in [-0.2, -0.15) is 0 Å². The first-order valence-electron chi connectivity index (χ1n) is 8.70. The molecule has 2 rings (SSSR count). The number of benzene rings is 2. The molecule has 0 heterocycles. The molecule has 0 saturated carbocycles. The number of aliphatic hydroxyl groups excluding tert-OH is 1. The van der Waals surface area contributed by atoms with Gasteiger partial charge in [-0.05, 0) is 36.6 Å². The first kappa shape index (κ1) is 19.7. The second-order valence-corrected chi connectivity index (χ2v) is 7.35. The molecule has 3 nitrogen and oxygen atoms in total. The van der Waals surface area contributed by atoms with Gasteiger partial charge in [0.2, 0.25) is 5.91 Å². The number of carbonyl (C=O) groups excluding carboxylic acids is 1. The zero-order valence-electron chi connectivity index (χ0n) is 15.0. The van der Waals surface area contributed by atoms with Gasteiger partial charge in [-0.15, -0.1) is 0 Å². The number of carbonyl (C=O) groups is 1. The van der Waals surface area contributed by atoms with Gasteiger partial charge in [-0.1, -0.05) is 71.7 Å². The molecule has 2 aromatic carbocycles. The smallest absolute Gasteiger partial charge is 0.230 e. The molecule has 2 aromatic rings. The second-order valence-electron chi connectivity index (χ2n) is 6.44. The van der Waals surface area contributed by atoms with Gasteiger partial charge >= 0.3 is 0 Å². The van der Waals surface area contributed by atoms with Crippen molar-refractivity contribution in [1.29, 1.82) is 0 Å². The molecular weight excluding hydrogens is 378 g/mol. The van der Waals surface area contributed by atoms with Crippen LogP contribution in [0.5, 0.6) is 0 Å². The van der Waals surface area contributed by atoms with E-state index in [0.717, 1.165) is 28.4 Å². The highest BCUT2D eigenvalue weighted by atomic mass is 79.9.